The average Bonchev–Trinajstić information content (AvgIpc) is 2.67. The van der Waals surface area contributed by atoms with Crippen LogP contribution < -0.4 is 10.6 Å². The molecule has 0 aliphatic carbocycles. The van der Waals surface area contributed by atoms with Gasteiger partial charge in [-0.2, -0.15) is 22.0 Å². The summed E-state index contributed by atoms with van der Waals surface area (Å²) in [6.45, 7) is 0. The third kappa shape index (κ3) is 2.69. The van der Waals surface area contributed by atoms with E-state index in [1.807, 2.05) is 5.32 Å². The Balaban J connectivity index is 2.50. The van der Waals surface area contributed by atoms with Crippen LogP contribution in [-0.4, -0.2) is 25.1 Å². The molecule has 1 unspecified atom stereocenters. The third-order valence-electron chi connectivity index (χ3n) is 3.19. The predicted molar refractivity (Wildman–Crippen MR) is 66.6 cm³/mol. The predicted octanol–water partition coefficient (Wildman–Crippen LogP) is 3.29. The molecule has 2 rings (SSSR count). The van der Waals surface area contributed by atoms with Gasteiger partial charge in [0.25, 0.3) is 0 Å². The Hall–Kier alpha value is -1.41. The van der Waals surface area contributed by atoms with Gasteiger partial charge in [-0.05, 0) is 30.3 Å². The number of rotatable bonds is 3. The largest absolute Gasteiger partial charge is 0.455 e. The zero-order chi connectivity index (χ0) is 16.0. The van der Waals surface area contributed by atoms with E-state index in [0.29, 0.717) is 11.3 Å². The van der Waals surface area contributed by atoms with Crippen molar-refractivity contribution in [2.24, 2.45) is 0 Å². The second-order valence-electron chi connectivity index (χ2n) is 4.60. The van der Waals surface area contributed by atoms with Gasteiger partial charge in [0.15, 0.2) is 0 Å². The summed E-state index contributed by atoms with van der Waals surface area (Å²) in [5, 5.41) is 4.11. The Labute approximate surface area is 121 Å². The fraction of sp³-hybridized carbons (Fsp3) is 0.417. The lowest BCUT2D eigenvalue weighted by Gasteiger charge is -2.29. The molecular formula is C12H10ClF5N2O. The molecule has 1 heterocycles. The third-order valence-corrected chi connectivity index (χ3v) is 3.52. The van der Waals surface area contributed by atoms with Crippen LogP contribution in [0.5, 0.6) is 0 Å². The first-order valence-electron chi connectivity index (χ1n) is 5.82. The molecular weight excluding hydrogens is 319 g/mol. The summed E-state index contributed by atoms with van der Waals surface area (Å²) in [4.78, 5) is 11.2. The quantitative estimate of drug-likeness (QED) is 0.836. The summed E-state index contributed by atoms with van der Waals surface area (Å²) < 4.78 is 64.7. The van der Waals surface area contributed by atoms with E-state index in [1.54, 1.807) is 0 Å². The van der Waals surface area contributed by atoms with Crippen molar-refractivity contribution >= 4 is 23.2 Å². The molecule has 0 aromatic heterocycles. The lowest BCUT2D eigenvalue weighted by Crippen LogP contribution is -2.47. The lowest BCUT2D eigenvalue weighted by atomic mass is 9.97. The van der Waals surface area contributed by atoms with Gasteiger partial charge in [0.1, 0.15) is 6.04 Å². The molecule has 1 aromatic rings. The van der Waals surface area contributed by atoms with Gasteiger partial charge in [0, 0.05) is 10.7 Å². The summed E-state index contributed by atoms with van der Waals surface area (Å²) in [6.07, 6.45) is -5.81. The zero-order valence-electron chi connectivity index (χ0n) is 10.6. The Kier molecular flexibility index (Phi) is 3.88. The number of carbonyl (C=O) groups excluding carboxylic acids is 1. The molecule has 0 saturated carbocycles. The molecule has 1 atom stereocenters. The topological polar surface area (TPSA) is 41.1 Å². The van der Waals surface area contributed by atoms with Crippen LogP contribution in [0.15, 0.2) is 12.1 Å². The minimum absolute atomic E-state index is 0.0898. The van der Waals surface area contributed by atoms with E-state index in [2.05, 4.69) is 5.32 Å². The molecule has 1 aliphatic rings. The van der Waals surface area contributed by atoms with E-state index in [-0.39, 0.29) is 17.4 Å². The normalized spacial score (nSPS) is 16.6. The molecule has 3 nitrogen and oxygen atoms in total. The molecule has 0 radical (unpaired) electrons. The first kappa shape index (κ1) is 16.0. The lowest BCUT2D eigenvalue weighted by molar-refractivity contribution is -0.293. The molecule has 116 valence electrons. The van der Waals surface area contributed by atoms with Crippen molar-refractivity contribution in [2.75, 3.05) is 12.4 Å². The number of anilines is 1. The average molecular weight is 329 g/mol. The summed E-state index contributed by atoms with van der Waals surface area (Å²) in [7, 11) is 0.983. The van der Waals surface area contributed by atoms with E-state index >= 15 is 0 Å². The number of alkyl halides is 5. The van der Waals surface area contributed by atoms with E-state index in [1.165, 1.54) is 6.07 Å². The smallest absolute Gasteiger partial charge is 0.325 e. The Morgan fingerprint density at radius 1 is 1.29 bits per heavy atom. The van der Waals surface area contributed by atoms with Gasteiger partial charge in [0.2, 0.25) is 5.91 Å². The summed E-state index contributed by atoms with van der Waals surface area (Å²) in [6, 6.07) is -0.0735. The summed E-state index contributed by atoms with van der Waals surface area (Å²) in [5.74, 6) is -5.38. The van der Waals surface area contributed by atoms with E-state index in [9.17, 15) is 26.7 Å². The minimum Gasteiger partial charge on any atom is -0.325 e. The number of fused-ring (bicyclic) bond motifs is 1. The van der Waals surface area contributed by atoms with Crippen molar-refractivity contribution in [3.05, 3.63) is 28.3 Å². The Morgan fingerprint density at radius 2 is 1.90 bits per heavy atom. The number of carbonyl (C=O) groups is 1. The number of hydrogen-bond donors (Lipinski definition) is 2. The Morgan fingerprint density at radius 3 is 2.43 bits per heavy atom. The van der Waals surface area contributed by atoms with Crippen molar-refractivity contribution in [3.63, 3.8) is 0 Å². The highest BCUT2D eigenvalue weighted by molar-refractivity contribution is 6.32. The van der Waals surface area contributed by atoms with Gasteiger partial charge in [-0.15, -0.1) is 0 Å². The highest BCUT2D eigenvalue weighted by atomic mass is 35.5. The highest BCUT2D eigenvalue weighted by Gasteiger charge is 2.62. The number of halogens is 6. The fourth-order valence-electron chi connectivity index (χ4n) is 2.18. The molecule has 0 spiro atoms. The van der Waals surface area contributed by atoms with Gasteiger partial charge in [-0.1, -0.05) is 11.6 Å². The van der Waals surface area contributed by atoms with Crippen molar-refractivity contribution in [2.45, 2.75) is 24.6 Å². The van der Waals surface area contributed by atoms with E-state index < -0.39 is 23.7 Å². The standard InChI is InChI=1S/C12H10ClF5N2O/c1-19-10(11(14,15)12(16,17)18)6-2-5-3-9(21)20-8(5)4-7(6)13/h2,4,10,19H,3H2,1H3,(H,20,21). The SMILES string of the molecule is CNC(c1cc2c(cc1Cl)NC(=O)C2)C(F)(F)C(F)(F)F. The number of amides is 1. The van der Waals surface area contributed by atoms with Crippen LogP contribution in [0.1, 0.15) is 17.2 Å². The van der Waals surface area contributed by atoms with Crippen LogP contribution in [-0.2, 0) is 11.2 Å². The second kappa shape index (κ2) is 5.10. The maximum Gasteiger partial charge on any atom is 0.455 e. The van der Waals surface area contributed by atoms with Crippen molar-refractivity contribution in [3.8, 4) is 0 Å². The molecule has 9 heteroatoms. The van der Waals surface area contributed by atoms with Crippen LogP contribution in [0.4, 0.5) is 27.6 Å². The van der Waals surface area contributed by atoms with Crippen LogP contribution in [0.2, 0.25) is 5.02 Å². The highest BCUT2D eigenvalue weighted by Crippen LogP contribution is 2.46. The molecule has 0 bridgehead atoms. The molecule has 1 amide bonds. The maximum absolute atomic E-state index is 13.6. The van der Waals surface area contributed by atoms with Crippen LogP contribution in [0.25, 0.3) is 0 Å². The zero-order valence-corrected chi connectivity index (χ0v) is 11.4. The number of nitrogens with one attached hydrogen (secondary N) is 2. The second-order valence-corrected chi connectivity index (χ2v) is 5.01. The molecule has 1 aromatic carbocycles. The summed E-state index contributed by atoms with van der Waals surface area (Å²) >= 11 is 5.79. The first-order valence-corrected chi connectivity index (χ1v) is 6.19. The van der Waals surface area contributed by atoms with Crippen molar-refractivity contribution < 1.29 is 26.7 Å². The number of benzene rings is 1. The fourth-order valence-corrected chi connectivity index (χ4v) is 2.46. The van der Waals surface area contributed by atoms with Gasteiger partial charge in [-0.25, -0.2) is 0 Å². The first-order chi connectivity index (χ1) is 9.57. The van der Waals surface area contributed by atoms with Gasteiger partial charge in [-0.3, -0.25) is 4.79 Å². The maximum atomic E-state index is 13.6. The molecule has 21 heavy (non-hydrogen) atoms. The molecule has 0 fully saturated rings. The monoisotopic (exact) mass is 328 g/mol. The van der Waals surface area contributed by atoms with Crippen molar-refractivity contribution in [1.29, 1.82) is 0 Å². The van der Waals surface area contributed by atoms with E-state index in [4.69, 9.17) is 11.6 Å². The molecule has 2 N–H and O–H groups in total. The van der Waals surface area contributed by atoms with Crippen LogP contribution in [0.3, 0.4) is 0 Å². The summed E-state index contributed by atoms with van der Waals surface area (Å²) in [5.41, 5.74) is 0.244. The van der Waals surface area contributed by atoms with Gasteiger partial charge in [0.05, 0.1) is 6.42 Å². The van der Waals surface area contributed by atoms with E-state index in [0.717, 1.165) is 13.1 Å². The van der Waals surface area contributed by atoms with Gasteiger partial charge < -0.3 is 10.6 Å². The van der Waals surface area contributed by atoms with Crippen molar-refractivity contribution in [1.82, 2.24) is 5.32 Å². The molecule has 1 aliphatic heterocycles. The van der Waals surface area contributed by atoms with Crippen LogP contribution in [0, 0.1) is 0 Å². The van der Waals surface area contributed by atoms with Crippen LogP contribution >= 0.6 is 11.6 Å². The Bertz CT molecular complexity index is 588. The van der Waals surface area contributed by atoms with Gasteiger partial charge >= 0.3 is 12.1 Å². The minimum atomic E-state index is -5.73. The number of hydrogen-bond acceptors (Lipinski definition) is 2. The molecule has 0 saturated heterocycles.